The normalized spacial score (nSPS) is 17.2. The first-order chi connectivity index (χ1) is 9.90. The molecule has 1 amide bonds. The Labute approximate surface area is 139 Å². The predicted molar refractivity (Wildman–Crippen MR) is 88.8 cm³/mol. The van der Waals surface area contributed by atoms with E-state index >= 15 is 0 Å². The number of halogens is 2. The van der Waals surface area contributed by atoms with E-state index in [1.54, 1.807) is 12.3 Å². The summed E-state index contributed by atoms with van der Waals surface area (Å²) < 4.78 is 0.762. The minimum atomic E-state index is -0.0585. The van der Waals surface area contributed by atoms with Crippen LogP contribution in [0.4, 0.5) is 0 Å². The summed E-state index contributed by atoms with van der Waals surface area (Å²) in [5.74, 6) is -0.0585. The Hall–Kier alpha value is -0.650. The molecule has 1 saturated heterocycles. The van der Waals surface area contributed by atoms with Gasteiger partial charge < -0.3 is 9.80 Å². The number of hydrogen-bond donors (Lipinski definition) is 0. The molecule has 116 valence electrons. The average Bonchev–Trinajstić information content (AvgIpc) is 2.48. The molecule has 0 aliphatic carbocycles. The number of carbonyl (C=O) groups excluding carboxylic acids is 1. The minimum absolute atomic E-state index is 0.0585. The maximum absolute atomic E-state index is 12.6. The third-order valence-electron chi connectivity index (χ3n) is 4.13. The van der Waals surface area contributed by atoms with Crippen molar-refractivity contribution in [2.45, 2.75) is 38.8 Å². The van der Waals surface area contributed by atoms with Crippen LogP contribution in [0.15, 0.2) is 16.7 Å². The zero-order valence-corrected chi connectivity index (χ0v) is 15.0. The van der Waals surface area contributed by atoms with Gasteiger partial charge in [-0.2, -0.15) is 0 Å². The lowest BCUT2D eigenvalue weighted by atomic mass is 10.0. The number of likely N-dealkylation sites (tertiary alicyclic amines) is 1. The number of rotatable bonds is 3. The van der Waals surface area contributed by atoms with Gasteiger partial charge in [0.1, 0.15) is 5.15 Å². The van der Waals surface area contributed by atoms with Gasteiger partial charge in [0.05, 0.1) is 5.56 Å². The quantitative estimate of drug-likeness (QED) is 0.760. The highest BCUT2D eigenvalue weighted by Crippen LogP contribution is 2.23. The molecule has 0 atom stereocenters. The standard InChI is InChI=1S/C15H21BrClN3O/c1-10(2)20-6-4-12(5-7-20)19(3)15(21)13-8-11(16)9-18-14(13)17/h8-10,12H,4-7H2,1-3H3. The molecule has 0 spiro atoms. The van der Waals surface area contributed by atoms with Gasteiger partial charge in [-0.3, -0.25) is 4.79 Å². The Morgan fingerprint density at radius 1 is 1.48 bits per heavy atom. The van der Waals surface area contributed by atoms with Crippen molar-refractivity contribution < 1.29 is 4.79 Å². The van der Waals surface area contributed by atoms with Crippen LogP contribution in [-0.4, -0.2) is 52.9 Å². The number of aromatic nitrogens is 1. The summed E-state index contributed by atoms with van der Waals surface area (Å²) in [5, 5.41) is 0.259. The van der Waals surface area contributed by atoms with E-state index in [1.807, 2.05) is 11.9 Å². The fourth-order valence-electron chi connectivity index (χ4n) is 2.72. The van der Waals surface area contributed by atoms with Gasteiger partial charge in [0.25, 0.3) is 5.91 Å². The molecule has 1 aromatic rings. The van der Waals surface area contributed by atoms with E-state index in [0.717, 1.165) is 30.4 Å². The van der Waals surface area contributed by atoms with Gasteiger partial charge in [-0.15, -0.1) is 0 Å². The highest BCUT2D eigenvalue weighted by Gasteiger charge is 2.28. The lowest BCUT2D eigenvalue weighted by Gasteiger charge is -2.38. The first-order valence-electron chi connectivity index (χ1n) is 7.22. The molecule has 4 nitrogen and oxygen atoms in total. The fourth-order valence-corrected chi connectivity index (χ4v) is 3.23. The van der Waals surface area contributed by atoms with E-state index in [0.29, 0.717) is 11.6 Å². The van der Waals surface area contributed by atoms with E-state index in [-0.39, 0.29) is 17.1 Å². The minimum Gasteiger partial charge on any atom is -0.339 e. The fraction of sp³-hybridized carbons (Fsp3) is 0.600. The molecule has 0 bridgehead atoms. The molecule has 1 aliphatic heterocycles. The number of amides is 1. The van der Waals surface area contributed by atoms with E-state index < -0.39 is 0 Å². The molecular weight excluding hydrogens is 354 g/mol. The summed E-state index contributed by atoms with van der Waals surface area (Å²) in [6.07, 6.45) is 3.60. The maximum Gasteiger partial charge on any atom is 0.257 e. The van der Waals surface area contributed by atoms with Crippen LogP contribution in [0.5, 0.6) is 0 Å². The molecular formula is C15H21BrClN3O. The number of piperidine rings is 1. The van der Waals surface area contributed by atoms with E-state index in [2.05, 4.69) is 39.7 Å². The molecule has 0 aromatic carbocycles. The Kier molecular flexibility index (Phi) is 5.63. The van der Waals surface area contributed by atoms with Gasteiger partial charge in [-0.1, -0.05) is 11.6 Å². The van der Waals surface area contributed by atoms with Gasteiger partial charge >= 0.3 is 0 Å². The zero-order valence-electron chi connectivity index (χ0n) is 12.6. The molecule has 6 heteroatoms. The highest BCUT2D eigenvalue weighted by atomic mass is 79.9. The maximum atomic E-state index is 12.6. The Bertz CT molecular complexity index is 516. The third-order valence-corrected chi connectivity index (χ3v) is 4.87. The van der Waals surface area contributed by atoms with Crippen molar-refractivity contribution in [3.05, 3.63) is 27.5 Å². The molecule has 1 fully saturated rings. The number of nitrogens with zero attached hydrogens (tertiary/aromatic N) is 3. The number of pyridine rings is 1. The van der Waals surface area contributed by atoms with Crippen molar-refractivity contribution in [2.24, 2.45) is 0 Å². The second-order valence-corrected chi connectivity index (χ2v) is 7.04. The SMILES string of the molecule is CC(C)N1CCC(N(C)C(=O)c2cc(Br)cnc2Cl)CC1. The molecule has 0 radical (unpaired) electrons. The van der Waals surface area contributed by atoms with E-state index in [9.17, 15) is 4.79 Å². The Morgan fingerprint density at radius 2 is 2.10 bits per heavy atom. The second-order valence-electron chi connectivity index (χ2n) is 5.77. The molecule has 0 saturated carbocycles. The third kappa shape index (κ3) is 3.96. The Balaban J connectivity index is 2.05. The summed E-state index contributed by atoms with van der Waals surface area (Å²) in [6, 6.07) is 2.57. The molecule has 2 heterocycles. The number of carbonyl (C=O) groups is 1. The van der Waals surface area contributed by atoms with Gasteiger partial charge in [-0.05, 0) is 48.7 Å². The molecule has 1 aromatic heterocycles. The lowest BCUT2D eigenvalue weighted by molar-refractivity contribution is 0.0615. The van der Waals surface area contributed by atoms with Crippen molar-refractivity contribution >= 4 is 33.4 Å². The monoisotopic (exact) mass is 373 g/mol. The lowest BCUT2D eigenvalue weighted by Crippen LogP contribution is -2.47. The predicted octanol–water partition coefficient (Wildman–Crippen LogP) is 3.44. The van der Waals surface area contributed by atoms with Crippen molar-refractivity contribution in [2.75, 3.05) is 20.1 Å². The van der Waals surface area contributed by atoms with Crippen LogP contribution in [0.3, 0.4) is 0 Å². The zero-order chi connectivity index (χ0) is 15.6. The summed E-state index contributed by atoms with van der Waals surface area (Å²) in [7, 11) is 1.86. The smallest absolute Gasteiger partial charge is 0.257 e. The van der Waals surface area contributed by atoms with Crippen LogP contribution in [0.25, 0.3) is 0 Å². The summed E-state index contributed by atoms with van der Waals surface area (Å²) >= 11 is 9.39. The van der Waals surface area contributed by atoms with Crippen molar-refractivity contribution in [3.63, 3.8) is 0 Å². The van der Waals surface area contributed by atoms with Crippen molar-refractivity contribution in [3.8, 4) is 0 Å². The van der Waals surface area contributed by atoms with Crippen LogP contribution in [0.2, 0.25) is 5.15 Å². The van der Waals surface area contributed by atoms with Crippen molar-refractivity contribution in [1.29, 1.82) is 0 Å². The summed E-state index contributed by atoms with van der Waals surface area (Å²) in [5.41, 5.74) is 0.458. The molecule has 0 unspecified atom stereocenters. The second kappa shape index (κ2) is 7.07. The first kappa shape index (κ1) is 16.7. The first-order valence-corrected chi connectivity index (χ1v) is 8.39. The summed E-state index contributed by atoms with van der Waals surface area (Å²) in [6.45, 7) is 6.49. The van der Waals surface area contributed by atoms with E-state index in [1.165, 1.54) is 0 Å². The Morgan fingerprint density at radius 3 is 2.67 bits per heavy atom. The van der Waals surface area contributed by atoms with Crippen LogP contribution >= 0.6 is 27.5 Å². The van der Waals surface area contributed by atoms with Gasteiger partial charge in [-0.25, -0.2) is 4.98 Å². The summed E-state index contributed by atoms with van der Waals surface area (Å²) in [4.78, 5) is 20.9. The van der Waals surface area contributed by atoms with Crippen LogP contribution < -0.4 is 0 Å². The van der Waals surface area contributed by atoms with Gasteiger partial charge in [0, 0.05) is 42.9 Å². The molecule has 21 heavy (non-hydrogen) atoms. The molecule has 0 N–H and O–H groups in total. The molecule has 1 aliphatic rings. The van der Waals surface area contributed by atoms with Crippen LogP contribution in [-0.2, 0) is 0 Å². The largest absolute Gasteiger partial charge is 0.339 e. The van der Waals surface area contributed by atoms with Crippen molar-refractivity contribution in [1.82, 2.24) is 14.8 Å². The van der Waals surface area contributed by atoms with Crippen LogP contribution in [0, 0.1) is 0 Å². The average molecular weight is 375 g/mol. The van der Waals surface area contributed by atoms with E-state index in [4.69, 9.17) is 11.6 Å². The molecule has 2 rings (SSSR count). The van der Waals surface area contributed by atoms with Crippen LogP contribution in [0.1, 0.15) is 37.0 Å². The van der Waals surface area contributed by atoms with Gasteiger partial charge in [0.2, 0.25) is 0 Å². The highest BCUT2D eigenvalue weighted by molar-refractivity contribution is 9.10. The topological polar surface area (TPSA) is 36.4 Å². The van der Waals surface area contributed by atoms with Gasteiger partial charge in [0.15, 0.2) is 0 Å². The number of hydrogen-bond acceptors (Lipinski definition) is 3.